The Kier molecular flexibility index (Phi) is 7.48. The predicted molar refractivity (Wildman–Crippen MR) is 205 cm³/mol. The van der Waals surface area contributed by atoms with Crippen molar-refractivity contribution in [3.05, 3.63) is 181 Å². The summed E-state index contributed by atoms with van der Waals surface area (Å²) in [5.41, 5.74) is 8.39. The van der Waals surface area contributed by atoms with E-state index in [0.29, 0.717) is 5.84 Å². The van der Waals surface area contributed by atoms with Crippen molar-refractivity contribution in [1.82, 2.24) is 0 Å². The maximum absolute atomic E-state index is 8.73. The fourth-order valence-corrected chi connectivity index (χ4v) is 6.62. The number of aliphatic imine (C=N–C) groups is 2. The normalized spacial score (nSPS) is 11.6. The smallest absolute Gasteiger partial charge is 0.161 e. The Balaban J connectivity index is 1.18. The third-order valence-corrected chi connectivity index (χ3v) is 9.01. The van der Waals surface area contributed by atoms with Gasteiger partial charge in [0.25, 0.3) is 0 Å². The number of nitrogens with one attached hydrogen (secondary N) is 1. The fraction of sp³-hybridized carbons (Fsp3) is 0. The summed E-state index contributed by atoms with van der Waals surface area (Å²) < 4.78 is 0. The van der Waals surface area contributed by atoms with E-state index in [1.807, 2.05) is 48.5 Å². The van der Waals surface area contributed by atoms with E-state index in [-0.39, 0.29) is 5.84 Å². The minimum atomic E-state index is 0.142. The van der Waals surface area contributed by atoms with E-state index in [9.17, 15) is 0 Å². The molecular weight excluding hydrogens is 583 g/mol. The number of hydrogen-bond donors (Lipinski definition) is 1. The van der Waals surface area contributed by atoms with Crippen molar-refractivity contribution in [2.45, 2.75) is 0 Å². The number of benzene rings is 8. The van der Waals surface area contributed by atoms with Gasteiger partial charge in [-0.15, -0.1) is 0 Å². The Labute approximate surface area is 279 Å². The van der Waals surface area contributed by atoms with Crippen LogP contribution in [0.5, 0.6) is 0 Å². The first-order chi connectivity index (χ1) is 23.7. The molecule has 0 radical (unpaired) electrons. The molecule has 8 aromatic carbocycles. The van der Waals surface area contributed by atoms with Gasteiger partial charge in [-0.3, -0.25) is 5.41 Å². The van der Waals surface area contributed by atoms with Gasteiger partial charge in [0.2, 0.25) is 0 Å². The number of fused-ring (bicyclic) bond motifs is 6. The summed E-state index contributed by atoms with van der Waals surface area (Å²) in [6.45, 7) is 3.68. The lowest BCUT2D eigenvalue weighted by Gasteiger charge is -2.14. The SMILES string of the molecule is C=NC(=NC(=N)c1cccc(-c2cccc(-c3ccc4c5ccc(-c6ccccc6)cc5c5ccccc5c4c3)c2)c1)c1ccccc1. The molecule has 0 aromatic heterocycles. The van der Waals surface area contributed by atoms with E-state index in [4.69, 9.17) is 5.41 Å². The summed E-state index contributed by atoms with van der Waals surface area (Å²) in [5, 5.41) is 16.3. The zero-order valence-electron chi connectivity index (χ0n) is 26.3. The molecule has 3 heteroatoms. The number of amidine groups is 2. The molecule has 1 N–H and O–H groups in total. The third-order valence-electron chi connectivity index (χ3n) is 9.01. The summed E-state index contributed by atoms with van der Waals surface area (Å²) >= 11 is 0. The van der Waals surface area contributed by atoms with Crippen molar-refractivity contribution in [2.75, 3.05) is 0 Å². The number of hydrogen-bond acceptors (Lipinski definition) is 1. The third kappa shape index (κ3) is 5.38. The fourth-order valence-electron chi connectivity index (χ4n) is 6.62. The van der Waals surface area contributed by atoms with E-state index >= 15 is 0 Å². The molecule has 0 bridgehead atoms. The molecule has 0 aliphatic heterocycles. The Morgan fingerprint density at radius 3 is 1.42 bits per heavy atom. The first-order valence-corrected chi connectivity index (χ1v) is 16.0. The average molecular weight is 614 g/mol. The molecular formula is C45H31N3. The standard InChI is InChI=1S/C45H31N3/c1-47-45(31-14-6-3-7-15-31)48-44(46)37-19-11-18-34(27-37)32-16-10-17-33(26-32)36-23-25-41-40-24-22-35(30-12-4-2-5-13-30)28-42(40)38-20-8-9-21-39(38)43(41)29-36/h2-29,46H,1H2. The zero-order chi connectivity index (χ0) is 32.5. The van der Waals surface area contributed by atoms with Gasteiger partial charge in [0.15, 0.2) is 11.7 Å². The van der Waals surface area contributed by atoms with Crippen LogP contribution in [0.2, 0.25) is 0 Å². The van der Waals surface area contributed by atoms with Gasteiger partial charge in [-0.2, -0.15) is 0 Å². The minimum Gasteiger partial charge on any atom is -0.282 e. The monoisotopic (exact) mass is 613 g/mol. The molecule has 0 fully saturated rings. The molecule has 0 spiro atoms. The van der Waals surface area contributed by atoms with E-state index in [1.54, 1.807) is 0 Å². The lowest BCUT2D eigenvalue weighted by atomic mass is 9.90. The number of nitrogens with zero attached hydrogens (tertiary/aromatic N) is 2. The van der Waals surface area contributed by atoms with E-state index in [2.05, 4.69) is 138 Å². The van der Waals surface area contributed by atoms with Crippen LogP contribution in [0.1, 0.15) is 11.1 Å². The van der Waals surface area contributed by atoms with E-state index in [0.717, 1.165) is 33.4 Å². The lowest BCUT2D eigenvalue weighted by molar-refractivity contribution is 1.40. The van der Waals surface area contributed by atoms with Gasteiger partial charge in [-0.05, 0) is 96.7 Å². The van der Waals surface area contributed by atoms with Gasteiger partial charge in [-0.1, -0.05) is 146 Å². The van der Waals surface area contributed by atoms with E-state index < -0.39 is 0 Å². The van der Waals surface area contributed by atoms with Gasteiger partial charge in [0, 0.05) is 11.1 Å². The summed E-state index contributed by atoms with van der Waals surface area (Å²) in [7, 11) is 0. The first kappa shape index (κ1) is 29.0. The van der Waals surface area contributed by atoms with Gasteiger partial charge in [-0.25, -0.2) is 9.98 Å². The van der Waals surface area contributed by atoms with Crippen molar-refractivity contribution in [2.24, 2.45) is 9.98 Å². The van der Waals surface area contributed by atoms with Gasteiger partial charge < -0.3 is 0 Å². The summed E-state index contributed by atoms with van der Waals surface area (Å²) in [4.78, 5) is 8.58. The van der Waals surface area contributed by atoms with Crippen LogP contribution in [0, 0.1) is 5.41 Å². The second-order valence-electron chi connectivity index (χ2n) is 11.9. The van der Waals surface area contributed by atoms with Crippen LogP contribution in [-0.4, -0.2) is 18.4 Å². The highest BCUT2D eigenvalue weighted by Crippen LogP contribution is 2.39. The maximum atomic E-state index is 8.73. The Bertz CT molecular complexity index is 2510. The summed E-state index contributed by atoms with van der Waals surface area (Å²) in [5.74, 6) is 0.574. The van der Waals surface area contributed by atoms with E-state index in [1.165, 1.54) is 43.4 Å². The summed E-state index contributed by atoms with van der Waals surface area (Å²) in [6, 6.07) is 59.2. The second kappa shape index (κ2) is 12.4. The molecule has 48 heavy (non-hydrogen) atoms. The number of rotatable bonds is 5. The molecule has 0 unspecified atom stereocenters. The van der Waals surface area contributed by atoms with Crippen molar-refractivity contribution < 1.29 is 0 Å². The van der Waals surface area contributed by atoms with Crippen LogP contribution >= 0.6 is 0 Å². The largest absolute Gasteiger partial charge is 0.282 e. The molecule has 0 aliphatic carbocycles. The van der Waals surface area contributed by atoms with Crippen LogP contribution in [0.25, 0.3) is 65.7 Å². The molecule has 0 amide bonds. The van der Waals surface area contributed by atoms with Gasteiger partial charge in [0.05, 0.1) is 0 Å². The molecule has 0 saturated carbocycles. The van der Waals surface area contributed by atoms with Crippen molar-refractivity contribution in [3.8, 4) is 33.4 Å². The molecule has 226 valence electrons. The molecule has 8 aromatic rings. The first-order valence-electron chi connectivity index (χ1n) is 16.0. The molecule has 8 rings (SSSR count). The predicted octanol–water partition coefficient (Wildman–Crippen LogP) is 11.6. The van der Waals surface area contributed by atoms with Crippen molar-refractivity contribution in [1.29, 1.82) is 5.41 Å². The van der Waals surface area contributed by atoms with Crippen LogP contribution in [-0.2, 0) is 0 Å². The topological polar surface area (TPSA) is 48.6 Å². The van der Waals surface area contributed by atoms with Crippen LogP contribution in [0.4, 0.5) is 0 Å². The van der Waals surface area contributed by atoms with Crippen molar-refractivity contribution in [3.63, 3.8) is 0 Å². The highest BCUT2D eigenvalue weighted by atomic mass is 14.9. The van der Waals surface area contributed by atoms with Crippen LogP contribution in [0.15, 0.2) is 180 Å². The minimum absolute atomic E-state index is 0.142. The highest BCUT2D eigenvalue weighted by molar-refractivity contribution is 6.26. The van der Waals surface area contributed by atoms with Crippen LogP contribution < -0.4 is 0 Å². The average Bonchev–Trinajstić information content (AvgIpc) is 3.17. The van der Waals surface area contributed by atoms with Gasteiger partial charge >= 0.3 is 0 Å². The maximum Gasteiger partial charge on any atom is 0.161 e. The molecule has 0 aliphatic rings. The lowest BCUT2D eigenvalue weighted by Crippen LogP contribution is -2.03. The molecule has 0 atom stereocenters. The Morgan fingerprint density at radius 2 is 0.812 bits per heavy atom. The Hall–Kier alpha value is -6.45. The molecule has 0 heterocycles. The van der Waals surface area contributed by atoms with Gasteiger partial charge in [0.1, 0.15) is 0 Å². The zero-order valence-corrected chi connectivity index (χ0v) is 26.3. The highest BCUT2D eigenvalue weighted by Gasteiger charge is 2.12. The molecule has 3 nitrogen and oxygen atoms in total. The second-order valence-corrected chi connectivity index (χ2v) is 11.9. The quantitative estimate of drug-likeness (QED) is 0.114. The van der Waals surface area contributed by atoms with Crippen molar-refractivity contribution >= 4 is 50.7 Å². The molecule has 0 saturated heterocycles. The van der Waals surface area contributed by atoms with Crippen LogP contribution in [0.3, 0.4) is 0 Å². The summed E-state index contributed by atoms with van der Waals surface area (Å²) in [6.07, 6.45) is 0. The Morgan fingerprint density at radius 1 is 0.375 bits per heavy atom.